The highest BCUT2D eigenvalue weighted by Crippen LogP contribution is 2.19. The Balaban J connectivity index is 2.16. The molecular formula is C20H24N4O7. The maximum atomic E-state index is 12.3. The van der Waals surface area contributed by atoms with Crippen molar-refractivity contribution >= 4 is 29.2 Å². The van der Waals surface area contributed by atoms with Gasteiger partial charge in [0.15, 0.2) is 0 Å². The van der Waals surface area contributed by atoms with E-state index in [2.05, 4.69) is 10.4 Å². The molecule has 0 spiro atoms. The van der Waals surface area contributed by atoms with Gasteiger partial charge in [0.25, 0.3) is 0 Å². The summed E-state index contributed by atoms with van der Waals surface area (Å²) in [5, 5.41) is 17.1. The average Bonchev–Trinajstić information content (AvgIpc) is 3.14. The predicted octanol–water partition coefficient (Wildman–Crippen LogP) is 2.95. The Morgan fingerprint density at radius 1 is 1.06 bits per heavy atom. The molecular weight excluding hydrogens is 408 g/mol. The minimum atomic E-state index is -0.645. The molecule has 31 heavy (non-hydrogen) atoms. The molecule has 1 aromatic heterocycles. The fraction of sp³-hybridized carbons (Fsp3) is 0.400. The molecule has 0 saturated heterocycles. The average molecular weight is 432 g/mol. The van der Waals surface area contributed by atoms with Crippen molar-refractivity contribution in [3.8, 4) is 0 Å². The van der Waals surface area contributed by atoms with E-state index in [-0.39, 0.29) is 47.7 Å². The Morgan fingerprint density at radius 2 is 1.61 bits per heavy atom. The monoisotopic (exact) mass is 432 g/mol. The fourth-order valence-corrected chi connectivity index (χ4v) is 2.51. The topological polar surface area (TPSA) is 143 Å². The Hall–Kier alpha value is -3.76. The molecule has 0 saturated carbocycles. The first-order valence-electron chi connectivity index (χ1n) is 9.59. The van der Waals surface area contributed by atoms with Gasteiger partial charge in [-0.15, -0.1) is 0 Å². The number of aryl methyl sites for hydroxylation is 1. The van der Waals surface area contributed by atoms with E-state index < -0.39 is 22.8 Å². The smallest absolute Gasteiger partial charge is 0.338 e. The normalized spacial score (nSPS) is 10.8. The first-order chi connectivity index (χ1) is 14.5. The summed E-state index contributed by atoms with van der Waals surface area (Å²) in [6, 6.07) is 4.13. The number of benzene rings is 1. The first kappa shape index (κ1) is 23.5. The Bertz CT molecular complexity index is 941. The van der Waals surface area contributed by atoms with E-state index >= 15 is 0 Å². The number of aromatic nitrogens is 2. The summed E-state index contributed by atoms with van der Waals surface area (Å²) < 4.78 is 11.6. The largest absolute Gasteiger partial charge is 0.459 e. The van der Waals surface area contributed by atoms with Crippen LogP contribution in [0.1, 0.15) is 54.8 Å². The van der Waals surface area contributed by atoms with E-state index in [0.29, 0.717) is 0 Å². The highest BCUT2D eigenvalue weighted by Gasteiger charge is 2.18. The lowest BCUT2D eigenvalue weighted by Gasteiger charge is -2.13. The fourth-order valence-electron chi connectivity index (χ4n) is 2.51. The molecule has 0 aliphatic heterocycles. The van der Waals surface area contributed by atoms with E-state index in [0.717, 1.165) is 6.20 Å². The van der Waals surface area contributed by atoms with E-state index in [9.17, 15) is 24.5 Å². The van der Waals surface area contributed by atoms with Gasteiger partial charge >= 0.3 is 17.6 Å². The van der Waals surface area contributed by atoms with Gasteiger partial charge in [0.05, 0.1) is 28.3 Å². The maximum Gasteiger partial charge on any atom is 0.338 e. The lowest BCUT2D eigenvalue weighted by atomic mass is 10.1. The van der Waals surface area contributed by atoms with Crippen molar-refractivity contribution in [2.45, 2.75) is 52.9 Å². The van der Waals surface area contributed by atoms with Crippen molar-refractivity contribution in [1.82, 2.24) is 9.78 Å². The molecule has 0 atom stereocenters. The standard InChI is InChI=1S/C20H24N4O7/c1-12(2)30-19(26)14-7-15(20(27)31-13(3)4)9-16(8-14)22-18(25)5-6-23-11-17(10-21-23)24(28)29/h7-13H,5-6H2,1-4H3,(H,22,25). The number of hydrogen-bond donors (Lipinski definition) is 1. The van der Waals surface area contributed by atoms with Gasteiger partial charge in [-0.2, -0.15) is 5.10 Å². The molecule has 166 valence electrons. The molecule has 11 nitrogen and oxygen atoms in total. The van der Waals surface area contributed by atoms with E-state index in [1.54, 1.807) is 27.7 Å². The zero-order valence-electron chi connectivity index (χ0n) is 17.7. The molecule has 11 heteroatoms. The Kier molecular flexibility index (Phi) is 7.83. The van der Waals surface area contributed by atoms with Crippen molar-refractivity contribution in [1.29, 1.82) is 0 Å². The van der Waals surface area contributed by atoms with Gasteiger partial charge in [-0.3, -0.25) is 19.6 Å². The Morgan fingerprint density at radius 3 is 2.06 bits per heavy atom. The van der Waals surface area contributed by atoms with Gasteiger partial charge in [0.2, 0.25) is 5.91 Å². The van der Waals surface area contributed by atoms with Crippen molar-refractivity contribution in [3.05, 3.63) is 51.8 Å². The molecule has 0 aliphatic carbocycles. The molecule has 2 rings (SSSR count). The van der Waals surface area contributed by atoms with Crippen molar-refractivity contribution in [2.75, 3.05) is 5.32 Å². The minimum Gasteiger partial charge on any atom is -0.459 e. The van der Waals surface area contributed by atoms with Crippen LogP contribution in [0.15, 0.2) is 30.6 Å². The quantitative estimate of drug-likeness (QED) is 0.362. The van der Waals surface area contributed by atoms with E-state index in [1.165, 1.54) is 29.1 Å². The molecule has 0 aliphatic rings. The van der Waals surface area contributed by atoms with Gasteiger partial charge in [-0.05, 0) is 45.9 Å². The van der Waals surface area contributed by atoms with E-state index in [4.69, 9.17) is 9.47 Å². The summed E-state index contributed by atoms with van der Waals surface area (Å²) in [5.41, 5.74) is 0.213. The van der Waals surface area contributed by atoms with Gasteiger partial charge in [0, 0.05) is 18.7 Å². The zero-order valence-corrected chi connectivity index (χ0v) is 17.7. The van der Waals surface area contributed by atoms with Gasteiger partial charge in [-0.1, -0.05) is 0 Å². The summed E-state index contributed by atoms with van der Waals surface area (Å²) in [4.78, 5) is 47.1. The number of anilines is 1. The SMILES string of the molecule is CC(C)OC(=O)c1cc(NC(=O)CCn2cc([N+](=O)[O-])cn2)cc(C(=O)OC(C)C)c1. The second-order valence-electron chi connectivity index (χ2n) is 7.22. The molecule has 1 aromatic carbocycles. The second kappa shape index (κ2) is 10.3. The summed E-state index contributed by atoms with van der Waals surface area (Å²) in [5.74, 6) is -1.72. The van der Waals surface area contributed by atoms with Crippen LogP contribution >= 0.6 is 0 Å². The number of hydrogen-bond acceptors (Lipinski definition) is 8. The van der Waals surface area contributed by atoms with Crippen molar-refractivity contribution < 1.29 is 28.8 Å². The maximum absolute atomic E-state index is 12.3. The van der Waals surface area contributed by atoms with Crippen LogP contribution in [0.3, 0.4) is 0 Å². The minimum absolute atomic E-state index is 0.0364. The van der Waals surface area contributed by atoms with Crippen LogP contribution in [0.5, 0.6) is 0 Å². The van der Waals surface area contributed by atoms with Crippen molar-refractivity contribution in [2.24, 2.45) is 0 Å². The van der Waals surface area contributed by atoms with E-state index in [1.807, 2.05) is 0 Å². The van der Waals surface area contributed by atoms with Crippen LogP contribution in [0.25, 0.3) is 0 Å². The van der Waals surface area contributed by atoms with Crippen LogP contribution in [0.4, 0.5) is 11.4 Å². The number of rotatable bonds is 9. The second-order valence-corrected chi connectivity index (χ2v) is 7.22. The molecule has 0 unspecified atom stereocenters. The molecule has 0 fully saturated rings. The summed E-state index contributed by atoms with van der Waals surface area (Å²) in [6.45, 7) is 6.87. The number of carbonyl (C=O) groups is 3. The highest BCUT2D eigenvalue weighted by molar-refractivity contribution is 5.99. The number of carbonyl (C=O) groups excluding carboxylic acids is 3. The predicted molar refractivity (Wildman–Crippen MR) is 110 cm³/mol. The van der Waals surface area contributed by atoms with Gasteiger partial charge < -0.3 is 14.8 Å². The third-order valence-corrected chi connectivity index (χ3v) is 3.77. The number of esters is 2. The summed E-state index contributed by atoms with van der Waals surface area (Å²) in [7, 11) is 0. The molecule has 0 bridgehead atoms. The lowest BCUT2D eigenvalue weighted by Crippen LogP contribution is -2.18. The van der Waals surface area contributed by atoms with Crippen LogP contribution < -0.4 is 5.32 Å². The lowest BCUT2D eigenvalue weighted by molar-refractivity contribution is -0.385. The number of amides is 1. The highest BCUT2D eigenvalue weighted by atomic mass is 16.6. The van der Waals surface area contributed by atoms with Crippen LogP contribution in [0.2, 0.25) is 0 Å². The summed E-state index contributed by atoms with van der Waals surface area (Å²) >= 11 is 0. The summed E-state index contributed by atoms with van der Waals surface area (Å²) in [6.07, 6.45) is 1.54. The number of nitrogens with zero attached hydrogens (tertiary/aromatic N) is 3. The molecule has 1 heterocycles. The number of nitro groups is 1. The molecule has 1 N–H and O–H groups in total. The third-order valence-electron chi connectivity index (χ3n) is 3.77. The van der Waals surface area contributed by atoms with Gasteiger partial charge in [0.1, 0.15) is 12.4 Å². The van der Waals surface area contributed by atoms with Crippen molar-refractivity contribution in [3.63, 3.8) is 0 Å². The molecule has 1 amide bonds. The van der Waals surface area contributed by atoms with Crippen LogP contribution in [-0.4, -0.2) is 44.8 Å². The number of nitrogens with one attached hydrogen (secondary N) is 1. The van der Waals surface area contributed by atoms with Crippen LogP contribution in [-0.2, 0) is 20.8 Å². The third kappa shape index (κ3) is 7.21. The number of ether oxygens (including phenoxy) is 2. The van der Waals surface area contributed by atoms with Gasteiger partial charge in [-0.25, -0.2) is 9.59 Å². The zero-order chi connectivity index (χ0) is 23.1. The first-order valence-corrected chi connectivity index (χ1v) is 9.59. The molecule has 0 radical (unpaired) electrons. The molecule has 2 aromatic rings. The van der Waals surface area contributed by atoms with Crippen LogP contribution in [0, 0.1) is 10.1 Å². The Labute approximate surface area is 178 Å².